The smallest absolute Gasteiger partial charge is 0.306 e. The molecular weight excluding hydrogens is 276 g/mol. The molecule has 1 aromatic heterocycles. The number of hydrogen-bond donors (Lipinski definition) is 1. The summed E-state index contributed by atoms with van der Waals surface area (Å²) in [5.41, 5.74) is 3.00. The van der Waals surface area contributed by atoms with Crippen LogP contribution in [0.2, 0.25) is 0 Å². The zero-order chi connectivity index (χ0) is 15.9. The highest BCUT2D eigenvalue weighted by Gasteiger charge is 2.37. The second-order valence-electron chi connectivity index (χ2n) is 6.39. The zero-order valence-electron chi connectivity index (χ0n) is 13.4. The van der Waals surface area contributed by atoms with Crippen LogP contribution in [-0.2, 0) is 18.4 Å². The number of nitrogens with zero attached hydrogens (tertiary/aromatic N) is 1. The summed E-state index contributed by atoms with van der Waals surface area (Å²) in [6, 6.07) is 8.04. The van der Waals surface area contributed by atoms with Crippen LogP contribution in [0.15, 0.2) is 33.9 Å². The van der Waals surface area contributed by atoms with Gasteiger partial charge < -0.3 is 4.98 Å². The van der Waals surface area contributed by atoms with Gasteiger partial charge in [0.15, 0.2) is 0 Å². The lowest BCUT2D eigenvalue weighted by atomic mass is 9.69. The van der Waals surface area contributed by atoms with Crippen LogP contribution in [0.5, 0.6) is 0 Å². The van der Waals surface area contributed by atoms with Crippen molar-refractivity contribution < 1.29 is 0 Å². The van der Waals surface area contributed by atoms with Crippen LogP contribution in [0.4, 0.5) is 0 Å². The Hall–Kier alpha value is -2.10. The molecule has 1 heterocycles. The molecule has 116 valence electrons. The third-order valence-electron chi connectivity index (χ3n) is 4.88. The van der Waals surface area contributed by atoms with Crippen LogP contribution < -0.4 is 11.2 Å². The fourth-order valence-electron chi connectivity index (χ4n) is 3.49. The molecule has 0 radical (unpaired) electrons. The minimum absolute atomic E-state index is 0.126. The van der Waals surface area contributed by atoms with Crippen LogP contribution >= 0.6 is 0 Å². The number of aromatic amines is 1. The number of aromatic nitrogens is 2. The van der Waals surface area contributed by atoms with Crippen LogP contribution in [-0.4, -0.2) is 9.55 Å². The summed E-state index contributed by atoms with van der Waals surface area (Å²) < 4.78 is 1.35. The van der Waals surface area contributed by atoms with Crippen molar-refractivity contribution in [3.8, 4) is 11.3 Å². The van der Waals surface area contributed by atoms with E-state index >= 15 is 0 Å². The Morgan fingerprint density at radius 1 is 1.23 bits per heavy atom. The van der Waals surface area contributed by atoms with Crippen molar-refractivity contribution in [3.05, 3.63) is 56.2 Å². The predicted molar refractivity (Wildman–Crippen MR) is 88.4 cm³/mol. The highest BCUT2D eigenvalue weighted by Crippen LogP contribution is 2.41. The van der Waals surface area contributed by atoms with Gasteiger partial charge >= 0.3 is 5.69 Å². The molecular formula is C18H22N2O2. The van der Waals surface area contributed by atoms with Crippen molar-refractivity contribution >= 4 is 0 Å². The quantitative estimate of drug-likeness (QED) is 0.947. The maximum absolute atomic E-state index is 13.0. The first-order chi connectivity index (χ1) is 10.5. The molecule has 0 fully saturated rings. The van der Waals surface area contributed by atoms with Gasteiger partial charge in [-0.1, -0.05) is 45.0 Å². The van der Waals surface area contributed by atoms with Crippen molar-refractivity contribution in [3.63, 3.8) is 0 Å². The summed E-state index contributed by atoms with van der Waals surface area (Å²) in [5.74, 6) is 0. The number of nitrogens with one attached hydrogen (secondary N) is 1. The van der Waals surface area contributed by atoms with Gasteiger partial charge in [0.2, 0.25) is 0 Å². The van der Waals surface area contributed by atoms with Crippen LogP contribution in [0.1, 0.15) is 44.7 Å². The first-order valence-electron chi connectivity index (χ1n) is 7.97. The molecule has 2 aromatic rings. The average molecular weight is 298 g/mol. The molecule has 0 bridgehead atoms. The summed E-state index contributed by atoms with van der Waals surface area (Å²) in [6.07, 6.45) is 2.46. The average Bonchev–Trinajstić information content (AvgIpc) is 2.51. The second-order valence-corrected chi connectivity index (χ2v) is 6.39. The molecule has 1 aromatic carbocycles. The number of fused-ring (bicyclic) bond motifs is 3. The van der Waals surface area contributed by atoms with Gasteiger partial charge in [0.1, 0.15) is 0 Å². The van der Waals surface area contributed by atoms with Gasteiger partial charge in [0, 0.05) is 23.1 Å². The van der Waals surface area contributed by atoms with Crippen LogP contribution in [0.25, 0.3) is 11.3 Å². The van der Waals surface area contributed by atoms with E-state index in [9.17, 15) is 9.59 Å². The van der Waals surface area contributed by atoms with Crippen LogP contribution in [0, 0.1) is 0 Å². The van der Waals surface area contributed by atoms with Crippen molar-refractivity contribution in [2.75, 3.05) is 0 Å². The van der Waals surface area contributed by atoms with Crippen molar-refractivity contribution in [2.24, 2.45) is 0 Å². The van der Waals surface area contributed by atoms with E-state index in [0.717, 1.165) is 30.4 Å². The summed E-state index contributed by atoms with van der Waals surface area (Å²) >= 11 is 0. The normalized spacial score (nSPS) is 19.6. The SMILES string of the molecule is CCCn1c(=O)[nH]c2c(c1=O)[C@@](C)(CC)Cc1ccccc1-2. The Labute approximate surface area is 129 Å². The highest BCUT2D eigenvalue weighted by molar-refractivity contribution is 5.71. The van der Waals surface area contributed by atoms with Gasteiger partial charge in [-0.15, -0.1) is 0 Å². The molecule has 0 amide bonds. The lowest BCUT2D eigenvalue weighted by Crippen LogP contribution is -2.44. The lowest BCUT2D eigenvalue weighted by molar-refractivity contribution is 0.431. The third-order valence-corrected chi connectivity index (χ3v) is 4.88. The molecule has 22 heavy (non-hydrogen) atoms. The maximum Gasteiger partial charge on any atom is 0.328 e. The summed E-state index contributed by atoms with van der Waals surface area (Å²) in [7, 11) is 0. The number of rotatable bonds is 3. The number of H-pyrrole nitrogens is 1. The molecule has 1 aliphatic carbocycles. The molecule has 0 saturated carbocycles. The van der Waals surface area contributed by atoms with Gasteiger partial charge in [-0.25, -0.2) is 4.79 Å². The summed E-state index contributed by atoms with van der Waals surface area (Å²) in [4.78, 5) is 28.2. The summed E-state index contributed by atoms with van der Waals surface area (Å²) in [5, 5.41) is 0. The molecule has 4 heteroatoms. The van der Waals surface area contributed by atoms with Gasteiger partial charge in [-0.2, -0.15) is 0 Å². The Kier molecular flexibility index (Phi) is 3.55. The van der Waals surface area contributed by atoms with Crippen molar-refractivity contribution in [1.29, 1.82) is 0 Å². The van der Waals surface area contributed by atoms with Gasteiger partial charge in [0.25, 0.3) is 5.56 Å². The lowest BCUT2D eigenvalue weighted by Gasteiger charge is -2.35. The molecule has 0 unspecified atom stereocenters. The molecule has 3 rings (SSSR count). The Morgan fingerprint density at radius 3 is 2.64 bits per heavy atom. The minimum Gasteiger partial charge on any atom is -0.306 e. The molecule has 4 nitrogen and oxygen atoms in total. The molecule has 0 saturated heterocycles. The van der Waals surface area contributed by atoms with E-state index in [4.69, 9.17) is 0 Å². The fourth-order valence-corrected chi connectivity index (χ4v) is 3.49. The second kappa shape index (κ2) is 5.27. The highest BCUT2D eigenvalue weighted by atomic mass is 16.2. The first kappa shape index (κ1) is 14.8. The van der Waals surface area contributed by atoms with Gasteiger partial charge in [-0.05, 0) is 24.8 Å². The van der Waals surface area contributed by atoms with Gasteiger partial charge in [-0.3, -0.25) is 9.36 Å². The number of benzene rings is 1. The fraction of sp³-hybridized carbons (Fsp3) is 0.444. The van der Waals surface area contributed by atoms with E-state index in [0.29, 0.717) is 12.2 Å². The molecule has 1 atom stereocenters. The van der Waals surface area contributed by atoms with Crippen LogP contribution in [0.3, 0.4) is 0 Å². The standard InChI is InChI=1S/C18H22N2O2/c1-4-10-20-16(21)14-15(19-17(20)22)13-9-7-6-8-12(13)11-18(14,3)5-2/h6-9H,4-5,10-11H2,1-3H3,(H,19,22)/t18-/m0/s1. The maximum atomic E-state index is 13.0. The zero-order valence-corrected chi connectivity index (χ0v) is 13.4. The van der Waals surface area contributed by atoms with E-state index in [1.807, 2.05) is 25.1 Å². The van der Waals surface area contributed by atoms with E-state index < -0.39 is 0 Å². The molecule has 1 aliphatic rings. The molecule has 0 spiro atoms. The van der Waals surface area contributed by atoms with E-state index in [1.165, 1.54) is 10.1 Å². The molecule has 1 N–H and O–H groups in total. The van der Waals surface area contributed by atoms with E-state index in [-0.39, 0.29) is 16.7 Å². The topological polar surface area (TPSA) is 54.9 Å². The largest absolute Gasteiger partial charge is 0.328 e. The number of hydrogen-bond acceptors (Lipinski definition) is 2. The monoisotopic (exact) mass is 298 g/mol. The Balaban J connectivity index is 2.40. The van der Waals surface area contributed by atoms with Crippen molar-refractivity contribution in [2.45, 2.75) is 52.0 Å². The first-order valence-corrected chi connectivity index (χ1v) is 7.97. The Morgan fingerprint density at radius 2 is 1.95 bits per heavy atom. The van der Waals surface area contributed by atoms with Crippen molar-refractivity contribution in [1.82, 2.24) is 9.55 Å². The van der Waals surface area contributed by atoms with E-state index in [1.54, 1.807) is 0 Å². The van der Waals surface area contributed by atoms with E-state index in [2.05, 4.69) is 24.9 Å². The third kappa shape index (κ3) is 2.05. The molecule has 0 aliphatic heterocycles. The Bertz CT molecular complexity index is 832. The predicted octanol–water partition coefficient (Wildman–Crippen LogP) is 2.84. The minimum atomic E-state index is -0.305. The van der Waals surface area contributed by atoms with Gasteiger partial charge in [0.05, 0.1) is 5.69 Å². The summed E-state index contributed by atoms with van der Waals surface area (Å²) in [6.45, 7) is 6.66.